The Bertz CT molecular complexity index is 669. The van der Waals surface area contributed by atoms with Crippen molar-refractivity contribution in [3.8, 4) is 0 Å². The molecule has 0 saturated carbocycles. The summed E-state index contributed by atoms with van der Waals surface area (Å²) < 4.78 is 5.45. The van der Waals surface area contributed by atoms with Crippen molar-refractivity contribution in [3.63, 3.8) is 0 Å². The third-order valence-electron chi connectivity index (χ3n) is 5.81. The van der Waals surface area contributed by atoms with E-state index in [-0.39, 0.29) is 35.5 Å². The highest BCUT2D eigenvalue weighted by molar-refractivity contribution is 6.23. The van der Waals surface area contributed by atoms with Crippen LogP contribution in [0.1, 0.15) is 59.9 Å². The van der Waals surface area contributed by atoms with Gasteiger partial charge < -0.3 is 9.64 Å². The quantitative estimate of drug-likeness (QED) is 0.418. The van der Waals surface area contributed by atoms with Gasteiger partial charge >= 0.3 is 5.97 Å². The van der Waals surface area contributed by atoms with E-state index in [0.29, 0.717) is 5.92 Å². The number of carbonyl (C=O) groups excluding carboxylic acids is 2. The van der Waals surface area contributed by atoms with E-state index >= 15 is 0 Å². The van der Waals surface area contributed by atoms with Crippen molar-refractivity contribution in [1.82, 2.24) is 4.90 Å². The van der Waals surface area contributed by atoms with Gasteiger partial charge in [-0.15, -0.1) is 0 Å². The van der Waals surface area contributed by atoms with Gasteiger partial charge in [-0.05, 0) is 45.6 Å². The molecule has 1 aliphatic heterocycles. The summed E-state index contributed by atoms with van der Waals surface area (Å²) >= 11 is 0. The second kappa shape index (κ2) is 7.18. The molecular formula is C21H33NO3Si. The molecule has 0 unspecified atom stereocenters. The number of carbonyl (C=O) groups is 2. The minimum Gasteiger partial charge on any atom is -0.461 e. The van der Waals surface area contributed by atoms with Crippen molar-refractivity contribution < 1.29 is 14.3 Å². The standard InChI is InChI=1S/C21H33NO3Si/c1-15(2)12-21(26)20(5,6)18(24)22(21)19(3,4)13-17(23)25-14-16-10-8-7-9-11-16/h7-11,15H,12-14H2,1-6,26H3/t21-/m0/s1. The fourth-order valence-electron chi connectivity index (χ4n) is 4.27. The monoisotopic (exact) mass is 375 g/mol. The lowest BCUT2D eigenvalue weighted by atomic mass is 9.66. The molecule has 26 heavy (non-hydrogen) atoms. The highest BCUT2D eigenvalue weighted by atomic mass is 28.1. The van der Waals surface area contributed by atoms with Crippen molar-refractivity contribution in [2.45, 2.75) is 71.7 Å². The van der Waals surface area contributed by atoms with Crippen LogP contribution in [0, 0.1) is 11.3 Å². The zero-order valence-corrected chi connectivity index (χ0v) is 19.3. The highest BCUT2D eigenvalue weighted by Crippen LogP contribution is 2.53. The molecule has 1 aromatic rings. The van der Waals surface area contributed by atoms with Gasteiger partial charge in [-0.3, -0.25) is 9.59 Å². The third kappa shape index (κ3) is 3.73. The molecule has 1 atom stereocenters. The lowest BCUT2D eigenvalue weighted by Gasteiger charge is -2.67. The number of β-lactam (4-membered cyclic amide) rings is 1. The minimum atomic E-state index is -0.545. The Hall–Kier alpha value is -1.62. The molecule has 0 bridgehead atoms. The number of hydrogen-bond acceptors (Lipinski definition) is 3. The molecule has 0 aliphatic carbocycles. The average Bonchev–Trinajstić information content (AvgIpc) is 2.52. The Balaban J connectivity index is 2.08. The summed E-state index contributed by atoms with van der Waals surface area (Å²) in [7, 11) is 0.880. The summed E-state index contributed by atoms with van der Waals surface area (Å²) in [5.74, 6) is 0.391. The van der Waals surface area contributed by atoms with Crippen LogP contribution in [-0.4, -0.2) is 37.7 Å². The topological polar surface area (TPSA) is 46.6 Å². The average molecular weight is 376 g/mol. The van der Waals surface area contributed by atoms with Crippen LogP contribution in [0.15, 0.2) is 30.3 Å². The van der Waals surface area contributed by atoms with E-state index in [2.05, 4.69) is 13.8 Å². The van der Waals surface area contributed by atoms with E-state index in [0.717, 1.165) is 22.2 Å². The maximum absolute atomic E-state index is 12.9. The van der Waals surface area contributed by atoms with Crippen LogP contribution < -0.4 is 0 Å². The number of hydrogen-bond donors (Lipinski definition) is 0. The summed E-state index contributed by atoms with van der Waals surface area (Å²) in [6, 6.07) is 9.66. The van der Waals surface area contributed by atoms with Crippen LogP contribution in [0.4, 0.5) is 0 Å². The Labute approximate surface area is 160 Å². The minimum absolute atomic E-state index is 0.124. The van der Waals surface area contributed by atoms with Gasteiger partial charge in [0.05, 0.1) is 11.8 Å². The van der Waals surface area contributed by atoms with Gasteiger partial charge in [0, 0.05) is 20.9 Å². The maximum atomic E-state index is 12.9. The summed E-state index contributed by atoms with van der Waals surface area (Å²) in [6.07, 6.45) is 1.18. The molecule has 5 heteroatoms. The van der Waals surface area contributed by atoms with E-state index in [4.69, 9.17) is 4.74 Å². The number of esters is 1. The van der Waals surface area contributed by atoms with Gasteiger partial charge in [0.1, 0.15) is 6.61 Å². The summed E-state index contributed by atoms with van der Waals surface area (Å²) in [4.78, 5) is 27.3. The lowest BCUT2D eigenvalue weighted by Crippen LogP contribution is -2.81. The van der Waals surface area contributed by atoms with Crippen molar-refractivity contribution in [2.75, 3.05) is 0 Å². The van der Waals surface area contributed by atoms with Gasteiger partial charge in [-0.2, -0.15) is 0 Å². The molecule has 1 fully saturated rings. The van der Waals surface area contributed by atoms with Crippen molar-refractivity contribution >= 4 is 22.1 Å². The highest BCUT2D eigenvalue weighted by Gasteiger charge is 2.66. The summed E-state index contributed by atoms with van der Waals surface area (Å²) in [5.41, 5.74) is 0.0722. The number of benzene rings is 1. The van der Waals surface area contributed by atoms with Crippen LogP contribution >= 0.6 is 0 Å². The fourth-order valence-corrected chi connectivity index (χ4v) is 6.11. The van der Waals surface area contributed by atoms with Crippen molar-refractivity contribution in [1.29, 1.82) is 0 Å². The second-order valence-corrected chi connectivity index (χ2v) is 10.9. The fraction of sp³-hybridized carbons (Fsp3) is 0.619. The van der Waals surface area contributed by atoms with E-state index in [1.807, 2.05) is 62.9 Å². The molecule has 4 nitrogen and oxygen atoms in total. The molecule has 144 valence electrons. The molecular weight excluding hydrogens is 342 g/mol. The van der Waals surface area contributed by atoms with Gasteiger partial charge in [-0.25, -0.2) is 0 Å². The van der Waals surface area contributed by atoms with Crippen LogP contribution in [0.25, 0.3) is 0 Å². The van der Waals surface area contributed by atoms with E-state index in [1.165, 1.54) is 0 Å². The van der Waals surface area contributed by atoms with E-state index < -0.39 is 5.54 Å². The van der Waals surface area contributed by atoms with Crippen LogP contribution in [0.5, 0.6) is 0 Å². The smallest absolute Gasteiger partial charge is 0.308 e. The number of rotatable bonds is 7. The number of ether oxygens (including phenoxy) is 1. The zero-order chi connectivity index (χ0) is 19.8. The molecule has 1 saturated heterocycles. The normalized spacial score (nSPS) is 22.4. The molecule has 1 aliphatic rings. The van der Waals surface area contributed by atoms with Crippen LogP contribution in [0.2, 0.25) is 0 Å². The number of likely N-dealkylation sites (tertiary alicyclic amines) is 1. The molecule has 1 aromatic carbocycles. The van der Waals surface area contributed by atoms with Gasteiger partial charge in [-0.1, -0.05) is 44.2 Å². The van der Waals surface area contributed by atoms with Crippen molar-refractivity contribution in [3.05, 3.63) is 35.9 Å². The summed E-state index contributed by atoms with van der Waals surface area (Å²) in [5, 5.41) is -0.124. The van der Waals surface area contributed by atoms with Gasteiger partial charge in [0.15, 0.2) is 0 Å². The number of nitrogens with zero attached hydrogens (tertiary/aromatic N) is 1. The van der Waals surface area contributed by atoms with E-state index in [1.54, 1.807) is 0 Å². The molecule has 0 N–H and O–H groups in total. The van der Waals surface area contributed by atoms with E-state index in [9.17, 15) is 9.59 Å². The number of amides is 1. The first-order valence-electron chi connectivity index (χ1n) is 9.46. The molecule has 2 rings (SSSR count). The van der Waals surface area contributed by atoms with Crippen LogP contribution in [-0.2, 0) is 20.9 Å². The second-order valence-electron chi connectivity index (χ2n) is 9.27. The molecule has 1 amide bonds. The van der Waals surface area contributed by atoms with Gasteiger partial charge in [0.25, 0.3) is 0 Å². The Kier molecular flexibility index (Phi) is 5.71. The Morgan fingerprint density at radius 2 is 1.81 bits per heavy atom. The predicted octanol–water partition coefficient (Wildman–Crippen LogP) is 2.87. The van der Waals surface area contributed by atoms with Crippen molar-refractivity contribution in [2.24, 2.45) is 11.3 Å². The maximum Gasteiger partial charge on any atom is 0.308 e. The van der Waals surface area contributed by atoms with Crippen LogP contribution in [0.3, 0.4) is 0 Å². The predicted molar refractivity (Wildman–Crippen MR) is 108 cm³/mol. The SMILES string of the molecule is CC(C)C[C@@]1([SiH3])N(C(C)(C)CC(=O)OCc2ccccc2)C(=O)C1(C)C. The molecule has 1 heterocycles. The molecule has 0 radical (unpaired) electrons. The van der Waals surface area contributed by atoms with Gasteiger partial charge in [0.2, 0.25) is 5.91 Å². The first-order chi connectivity index (χ1) is 11.9. The summed E-state index contributed by atoms with van der Waals surface area (Å²) in [6.45, 7) is 12.7. The lowest BCUT2D eigenvalue weighted by molar-refractivity contribution is -0.193. The molecule has 0 spiro atoms. The largest absolute Gasteiger partial charge is 0.461 e. The molecule has 0 aromatic heterocycles. The Morgan fingerprint density at radius 1 is 1.23 bits per heavy atom. The third-order valence-corrected chi connectivity index (χ3v) is 7.91. The Morgan fingerprint density at radius 3 is 2.35 bits per heavy atom. The first kappa shape index (κ1) is 20.7. The first-order valence-corrected chi connectivity index (χ1v) is 10.5. The zero-order valence-electron chi connectivity index (χ0n) is 17.3.